The van der Waals surface area contributed by atoms with Crippen molar-refractivity contribution in [1.82, 2.24) is 24.7 Å². The summed E-state index contributed by atoms with van der Waals surface area (Å²) in [6.07, 6.45) is 1.74. The number of hydrogen-bond donors (Lipinski definition) is 1. The SMILES string of the molecule is COc1ccccc1CNc1nc(-c2ccccn2)nc2c1c(C)nn2C. The van der Waals surface area contributed by atoms with E-state index in [0.717, 1.165) is 39.6 Å². The van der Waals surface area contributed by atoms with Crippen LogP contribution >= 0.6 is 0 Å². The third kappa shape index (κ3) is 3.19. The Bertz CT molecular complexity index is 1090. The fourth-order valence-corrected chi connectivity index (χ4v) is 3.10. The van der Waals surface area contributed by atoms with E-state index in [1.54, 1.807) is 18.0 Å². The second-order valence-corrected chi connectivity index (χ2v) is 6.18. The van der Waals surface area contributed by atoms with Gasteiger partial charge in [-0.15, -0.1) is 0 Å². The minimum absolute atomic E-state index is 0.564. The van der Waals surface area contributed by atoms with Gasteiger partial charge in [0.25, 0.3) is 0 Å². The minimum Gasteiger partial charge on any atom is -0.496 e. The van der Waals surface area contributed by atoms with Gasteiger partial charge in [0, 0.05) is 25.4 Å². The van der Waals surface area contributed by atoms with E-state index in [1.807, 2.05) is 56.4 Å². The summed E-state index contributed by atoms with van der Waals surface area (Å²) in [5.74, 6) is 2.13. The maximum atomic E-state index is 5.44. The van der Waals surface area contributed by atoms with Gasteiger partial charge in [0.15, 0.2) is 11.5 Å². The van der Waals surface area contributed by atoms with Crippen LogP contribution in [0.4, 0.5) is 5.82 Å². The third-order valence-electron chi connectivity index (χ3n) is 4.39. The van der Waals surface area contributed by atoms with Gasteiger partial charge in [0.2, 0.25) is 0 Å². The van der Waals surface area contributed by atoms with Crippen molar-refractivity contribution in [3.05, 3.63) is 59.9 Å². The highest BCUT2D eigenvalue weighted by molar-refractivity contribution is 5.90. The van der Waals surface area contributed by atoms with Crippen LogP contribution in [-0.4, -0.2) is 31.8 Å². The Kier molecular flexibility index (Phi) is 4.42. The number of rotatable bonds is 5. The number of nitrogens with one attached hydrogen (secondary N) is 1. The van der Waals surface area contributed by atoms with Crippen LogP contribution in [0.3, 0.4) is 0 Å². The van der Waals surface area contributed by atoms with Crippen molar-refractivity contribution >= 4 is 16.9 Å². The summed E-state index contributed by atoms with van der Waals surface area (Å²) in [6.45, 7) is 2.53. The molecule has 7 nitrogen and oxygen atoms in total. The zero-order chi connectivity index (χ0) is 18.8. The zero-order valence-electron chi connectivity index (χ0n) is 15.5. The molecule has 0 saturated heterocycles. The molecule has 4 aromatic rings. The first kappa shape index (κ1) is 17.0. The van der Waals surface area contributed by atoms with E-state index in [0.29, 0.717) is 12.4 Å². The normalized spacial score (nSPS) is 10.9. The largest absolute Gasteiger partial charge is 0.496 e. The van der Waals surface area contributed by atoms with Crippen LogP contribution in [0.1, 0.15) is 11.3 Å². The molecule has 0 aliphatic heterocycles. The summed E-state index contributed by atoms with van der Waals surface area (Å²) in [5.41, 5.74) is 3.42. The van der Waals surface area contributed by atoms with Crippen LogP contribution in [0.2, 0.25) is 0 Å². The zero-order valence-corrected chi connectivity index (χ0v) is 15.5. The lowest BCUT2D eigenvalue weighted by Gasteiger charge is -2.12. The van der Waals surface area contributed by atoms with E-state index in [4.69, 9.17) is 9.72 Å². The highest BCUT2D eigenvalue weighted by Crippen LogP contribution is 2.27. The van der Waals surface area contributed by atoms with Crippen molar-refractivity contribution in [2.24, 2.45) is 7.05 Å². The molecule has 7 heteroatoms. The van der Waals surface area contributed by atoms with E-state index < -0.39 is 0 Å². The Morgan fingerprint density at radius 3 is 2.67 bits per heavy atom. The molecule has 3 heterocycles. The molecule has 27 heavy (non-hydrogen) atoms. The van der Waals surface area contributed by atoms with Gasteiger partial charge < -0.3 is 10.1 Å². The monoisotopic (exact) mass is 360 g/mol. The second kappa shape index (κ2) is 7.03. The minimum atomic E-state index is 0.564. The molecule has 0 aliphatic rings. The fourth-order valence-electron chi connectivity index (χ4n) is 3.10. The van der Waals surface area contributed by atoms with Gasteiger partial charge >= 0.3 is 0 Å². The van der Waals surface area contributed by atoms with Crippen LogP contribution < -0.4 is 10.1 Å². The average molecular weight is 360 g/mol. The topological polar surface area (TPSA) is 77.8 Å². The van der Waals surface area contributed by atoms with Gasteiger partial charge in [-0.1, -0.05) is 24.3 Å². The molecule has 0 saturated carbocycles. The molecule has 1 N–H and O–H groups in total. The van der Waals surface area contributed by atoms with Crippen LogP contribution in [0, 0.1) is 6.92 Å². The predicted molar refractivity (Wildman–Crippen MR) is 105 cm³/mol. The average Bonchev–Trinajstić information content (AvgIpc) is 3.01. The lowest BCUT2D eigenvalue weighted by atomic mass is 10.2. The molecule has 3 aromatic heterocycles. The maximum Gasteiger partial charge on any atom is 0.182 e. The molecule has 0 spiro atoms. The first-order chi connectivity index (χ1) is 13.2. The van der Waals surface area contributed by atoms with Crippen molar-refractivity contribution in [2.75, 3.05) is 12.4 Å². The van der Waals surface area contributed by atoms with Crippen LogP contribution in [-0.2, 0) is 13.6 Å². The Labute approximate surface area is 157 Å². The number of aromatic nitrogens is 5. The number of ether oxygens (including phenoxy) is 1. The van der Waals surface area contributed by atoms with Crippen molar-refractivity contribution in [3.8, 4) is 17.3 Å². The fraction of sp³-hybridized carbons (Fsp3) is 0.200. The standard InChI is InChI=1S/C20H20N6O/c1-13-17-19(22-12-14-8-4-5-10-16(14)27-3)23-18(15-9-6-7-11-21-15)24-20(17)26(2)25-13/h4-11H,12H2,1-3H3,(H,22,23,24). The molecule has 0 bridgehead atoms. The number of anilines is 1. The number of para-hydroxylation sites is 1. The Hall–Kier alpha value is -3.48. The van der Waals surface area contributed by atoms with E-state index in [2.05, 4.69) is 20.4 Å². The molecule has 1 aromatic carbocycles. The molecular formula is C20H20N6O. The van der Waals surface area contributed by atoms with Gasteiger partial charge in [0.05, 0.1) is 18.2 Å². The number of aryl methyl sites for hydroxylation is 2. The Morgan fingerprint density at radius 1 is 1.07 bits per heavy atom. The van der Waals surface area contributed by atoms with Gasteiger partial charge in [-0.25, -0.2) is 9.97 Å². The molecule has 0 unspecified atom stereocenters. The van der Waals surface area contributed by atoms with Gasteiger partial charge in [-0.05, 0) is 25.1 Å². The number of hydrogen-bond acceptors (Lipinski definition) is 6. The van der Waals surface area contributed by atoms with Crippen LogP contribution in [0.25, 0.3) is 22.6 Å². The number of pyridine rings is 1. The molecule has 0 aliphatic carbocycles. The van der Waals surface area contributed by atoms with E-state index in [9.17, 15) is 0 Å². The van der Waals surface area contributed by atoms with Crippen molar-refractivity contribution in [1.29, 1.82) is 0 Å². The van der Waals surface area contributed by atoms with Gasteiger partial charge in [-0.3, -0.25) is 9.67 Å². The number of nitrogens with zero attached hydrogens (tertiary/aromatic N) is 5. The van der Waals surface area contributed by atoms with Crippen LogP contribution in [0.15, 0.2) is 48.7 Å². The lowest BCUT2D eigenvalue weighted by Crippen LogP contribution is -2.06. The summed E-state index contributed by atoms with van der Waals surface area (Å²) in [7, 11) is 3.56. The molecule has 4 rings (SSSR count). The van der Waals surface area contributed by atoms with E-state index >= 15 is 0 Å². The Balaban J connectivity index is 1.78. The summed E-state index contributed by atoms with van der Waals surface area (Å²) in [6, 6.07) is 13.6. The third-order valence-corrected chi connectivity index (χ3v) is 4.39. The number of fused-ring (bicyclic) bond motifs is 1. The summed E-state index contributed by atoms with van der Waals surface area (Å²) >= 11 is 0. The highest BCUT2D eigenvalue weighted by Gasteiger charge is 2.16. The van der Waals surface area contributed by atoms with Crippen LogP contribution in [0.5, 0.6) is 5.75 Å². The molecular weight excluding hydrogens is 340 g/mol. The van der Waals surface area contributed by atoms with Gasteiger partial charge in [0.1, 0.15) is 17.3 Å². The summed E-state index contributed by atoms with van der Waals surface area (Å²) in [4.78, 5) is 13.8. The van der Waals surface area contributed by atoms with E-state index in [-0.39, 0.29) is 0 Å². The maximum absolute atomic E-state index is 5.44. The first-order valence-electron chi connectivity index (χ1n) is 8.66. The molecule has 0 radical (unpaired) electrons. The Morgan fingerprint density at radius 2 is 1.89 bits per heavy atom. The summed E-state index contributed by atoms with van der Waals surface area (Å²) < 4.78 is 7.21. The van der Waals surface area contributed by atoms with Crippen molar-refractivity contribution in [3.63, 3.8) is 0 Å². The predicted octanol–water partition coefficient (Wildman–Crippen LogP) is 3.35. The quantitative estimate of drug-likeness (QED) is 0.588. The van der Waals surface area contributed by atoms with Crippen molar-refractivity contribution < 1.29 is 4.74 Å². The first-order valence-corrected chi connectivity index (χ1v) is 8.66. The molecule has 0 atom stereocenters. The molecule has 0 amide bonds. The highest BCUT2D eigenvalue weighted by atomic mass is 16.5. The summed E-state index contributed by atoms with van der Waals surface area (Å²) in [5, 5.41) is 8.84. The lowest BCUT2D eigenvalue weighted by molar-refractivity contribution is 0.410. The van der Waals surface area contributed by atoms with Crippen molar-refractivity contribution in [2.45, 2.75) is 13.5 Å². The molecule has 0 fully saturated rings. The smallest absolute Gasteiger partial charge is 0.182 e. The van der Waals surface area contributed by atoms with Gasteiger partial charge in [-0.2, -0.15) is 5.10 Å². The number of methoxy groups -OCH3 is 1. The number of benzene rings is 1. The van der Waals surface area contributed by atoms with E-state index in [1.165, 1.54) is 0 Å². The second-order valence-electron chi connectivity index (χ2n) is 6.18. The molecule has 136 valence electrons.